The summed E-state index contributed by atoms with van der Waals surface area (Å²) in [5.74, 6) is 0.790. The molecule has 0 radical (unpaired) electrons. The highest BCUT2D eigenvalue weighted by atomic mass is 79.9. The molecule has 3 heterocycles. The molecule has 0 aliphatic carbocycles. The quantitative estimate of drug-likeness (QED) is 0.572. The summed E-state index contributed by atoms with van der Waals surface area (Å²) < 4.78 is 8.53. The molecular weight excluding hydrogens is 466 g/mol. The average molecular weight is 492 g/mol. The van der Waals surface area contributed by atoms with Crippen LogP contribution in [0.3, 0.4) is 0 Å². The number of hydrogen-bond donors (Lipinski definition) is 1. The van der Waals surface area contributed by atoms with Crippen molar-refractivity contribution >= 4 is 49.5 Å². The van der Waals surface area contributed by atoms with E-state index in [1.807, 2.05) is 49.3 Å². The van der Waals surface area contributed by atoms with Crippen molar-refractivity contribution in [1.29, 1.82) is 0 Å². The number of anilines is 1. The van der Waals surface area contributed by atoms with Gasteiger partial charge in [0.2, 0.25) is 5.95 Å². The molecule has 7 nitrogen and oxygen atoms in total. The number of thiophene rings is 1. The number of fused-ring (bicyclic) bond motifs is 1. The molecule has 1 saturated heterocycles. The summed E-state index contributed by atoms with van der Waals surface area (Å²) in [5, 5.41) is 3.09. The van der Waals surface area contributed by atoms with Crippen molar-refractivity contribution in [1.82, 2.24) is 19.8 Å². The summed E-state index contributed by atoms with van der Waals surface area (Å²) in [7, 11) is 3.95. The van der Waals surface area contributed by atoms with Crippen molar-refractivity contribution in [2.45, 2.75) is 13.0 Å². The smallest absolute Gasteiger partial charge is 0.261 e. The number of aromatic nitrogens is 2. The maximum atomic E-state index is 12.8. The second-order valence-corrected chi connectivity index (χ2v) is 9.57. The van der Waals surface area contributed by atoms with E-state index in [1.165, 1.54) is 11.3 Å². The van der Waals surface area contributed by atoms with Crippen LogP contribution >= 0.6 is 27.3 Å². The Bertz CT molecular complexity index is 1020. The van der Waals surface area contributed by atoms with Crippen LogP contribution in [-0.4, -0.2) is 73.3 Å². The summed E-state index contributed by atoms with van der Waals surface area (Å²) in [6.45, 7) is 6.10. The number of nitrogens with zero attached hydrogens (tertiary/aromatic N) is 4. The van der Waals surface area contributed by atoms with Gasteiger partial charge in [-0.1, -0.05) is 15.9 Å². The number of carbonyl (C=O) groups excluding carboxylic acids is 1. The fraction of sp³-hybridized carbons (Fsp3) is 0.429. The van der Waals surface area contributed by atoms with Crippen molar-refractivity contribution in [3.05, 3.63) is 39.7 Å². The topological polar surface area (TPSA) is 62.6 Å². The highest BCUT2D eigenvalue weighted by molar-refractivity contribution is 9.10. The number of amides is 1. The predicted molar refractivity (Wildman–Crippen MR) is 125 cm³/mol. The van der Waals surface area contributed by atoms with Crippen molar-refractivity contribution in [3.8, 4) is 5.69 Å². The van der Waals surface area contributed by atoms with Crippen LogP contribution in [0, 0.1) is 0 Å². The van der Waals surface area contributed by atoms with Crippen LogP contribution in [-0.2, 0) is 4.74 Å². The van der Waals surface area contributed by atoms with E-state index in [9.17, 15) is 4.79 Å². The Labute approximate surface area is 188 Å². The van der Waals surface area contributed by atoms with Gasteiger partial charge in [-0.25, -0.2) is 4.98 Å². The van der Waals surface area contributed by atoms with E-state index >= 15 is 0 Å². The van der Waals surface area contributed by atoms with Crippen LogP contribution in [0.15, 0.2) is 34.8 Å². The Morgan fingerprint density at radius 3 is 2.67 bits per heavy atom. The molecule has 1 unspecified atom stereocenters. The van der Waals surface area contributed by atoms with Crippen LogP contribution < -0.4 is 10.2 Å². The minimum atomic E-state index is -0.0492. The molecular formula is C21H26BrN5O2S. The lowest BCUT2D eigenvalue weighted by Gasteiger charge is -2.32. The largest absolute Gasteiger partial charge is 0.379 e. The standard InChI is InChI=1S/C21H26BrN5O2S/c1-14(26-8-10-29-11-9-26)13-23-19(28)18-12-17-20(30-18)27(21(24-17)25(2)3)16-6-4-15(22)5-7-16/h4-7,12,14H,8-11,13H2,1-3H3,(H,23,28). The number of halogens is 1. The third kappa shape index (κ3) is 4.39. The molecule has 0 bridgehead atoms. The summed E-state index contributed by atoms with van der Waals surface area (Å²) >= 11 is 4.96. The minimum absolute atomic E-state index is 0.0492. The van der Waals surface area contributed by atoms with Crippen molar-refractivity contribution in [2.24, 2.45) is 0 Å². The molecule has 1 aromatic carbocycles. The number of imidazole rings is 1. The Morgan fingerprint density at radius 2 is 2.00 bits per heavy atom. The third-order valence-corrected chi connectivity index (χ3v) is 6.89. The average Bonchev–Trinajstić information content (AvgIpc) is 3.31. The normalized spacial score (nSPS) is 16.0. The van der Waals surface area contributed by atoms with Gasteiger partial charge in [0.15, 0.2) is 0 Å². The van der Waals surface area contributed by atoms with Crippen LogP contribution in [0.2, 0.25) is 0 Å². The van der Waals surface area contributed by atoms with Crippen molar-refractivity contribution < 1.29 is 9.53 Å². The van der Waals surface area contributed by atoms with E-state index in [4.69, 9.17) is 9.72 Å². The molecule has 160 valence electrons. The summed E-state index contributed by atoms with van der Waals surface area (Å²) in [6.07, 6.45) is 0. The molecule has 1 atom stereocenters. The predicted octanol–water partition coefficient (Wildman–Crippen LogP) is 3.37. The van der Waals surface area contributed by atoms with E-state index in [0.717, 1.165) is 52.8 Å². The Balaban J connectivity index is 1.55. The molecule has 2 aromatic heterocycles. The second kappa shape index (κ2) is 9.05. The zero-order valence-electron chi connectivity index (χ0n) is 17.4. The summed E-state index contributed by atoms with van der Waals surface area (Å²) in [4.78, 5) is 23.6. The highest BCUT2D eigenvalue weighted by Crippen LogP contribution is 2.33. The first-order chi connectivity index (χ1) is 14.4. The van der Waals surface area contributed by atoms with Gasteiger partial charge in [0.25, 0.3) is 5.91 Å². The first kappa shape index (κ1) is 21.3. The molecule has 1 fully saturated rings. The molecule has 30 heavy (non-hydrogen) atoms. The molecule has 9 heteroatoms. The van der Waals surface area contributed by atoms with Crippen molar-refractivity contribution in [2.75, 3.05) is 51.8 Å². The molecule has 4 rings (SSSR count). The lowest BCUT2D eigenvalue weighted by Crippen LogP contribution is -2.47. The van der Waals surface area contributed by atoms with Crippen LogP contribution in [0.5, 0.6) is 0 Å². The van der Waals surface area contributed by atoms with Gasteiger partial charge in [0.1, 0.15) is 10.3 Å². The molecule has 1 aliphatic rings. The second-order valence-electron chi connectivity index (χ2n) is 7.63. The number of nitrogens with one attached hydrogen (secondary N) is 1. The van der Waals surface area contributed by atoms with Crippen LogP contribution in [0.4, 0.5) is 5.95 Å². The van der Waals surface area contributed by atoms with Gasteiger partial charge in [-0.3, -0.25) is 14.3 Å². The van der Waals surface area contributed by atoms with Gasteiger partial charge < -0.3 is 15.0 Å². The Hall–Kier alpha value is -1.94. The van der Waals surface area contributed by atoms with E-state index in [-0.39, 0.29) is 11.9 Å². The number of ether oxygens (including phenoxy) is 1. The van der Waals surface area contributed by atoms with Gasteiger partial charge >= 0.3 is 0 Å². The monoisotopic (exact) mass is 491 g/mol. The number of rotatable bonds is 6. The first-order valence-corrected chi connectivity index (χ1v) is 11.6. The van der Waals surface area contributed by atoms with Crippen molar-refractivity contribution in [3.63, 3.8) is 0 Å². The van der Waals surface area contributed by atoms with E-state index in [2.05, 4.69) is 37.6 Å². The maximum Gasteiger partial charge on any atom is 0.261 e. The summed E-state index contributed by atoms with van der Waals surface area (Å²) in [5.41, 5.74) is 1.84. The van der Waals surface area contributed by atoms with Gasteiger partial charge in [-0.2, -0.15) is 0 Å². The van der Waals surface area contributed by atoms with E-state index in [0.29, 0.717) is 11.4 Å². The number of hydrogen-bond acceptors (Lipinski definition) is 6. The number of benzene rings is 1. The van der Waals surface area contributed by atoms with Gasteiger partial charge in [0, 0.05) is 49.9 Å². The lowest BCUT2D eigenvalue weighted by atomic mass is 10.2. The fourth-order valence-electron chi connectivity index (χ4n) is 3.57. The highest BCUT2D eigenvalue weighted by Gasteiger charge is 2.21. The van der Waals surface area contributed by atoms with Gasteiger partial charge in [-0.15, -0.1) is 11.3 Å². The zero-order valence-corrected chi connectivity index (χ0v) is 19.8. The lowest BCUT2D eigenvalue weighted by molar-refractivity contribution is 0.0204. The number of morpholine rings is 1. The first-order valence-electron chi connectivity index (χ1n) is 9.99. The zero-order chi connectivity index (χ0) is 21.3. The summed E-state index contributed by atoms with van der Waals surface area (Å²) in [6, 6.07) is 10.3. The van der Waals surface area contributed by atoms with E-state index < -0.39 is 0 Å². The number of carbonyl (C=O) groups is 1. The molecule has 0 saturated carbocycles. The SMILES string of the molecule is CC(CNC(=O)c1cc2nc(N(C)C)n(-c3ccc(Br)cc3)c2s1)N1CCOCC1. The fourth-order valence-corrected chi connectivity index (χ4v) is 4.87. The van der Waals surface area contributed by atoms with Gasteiger partial charge in [0.05, 0.1) is 18.1 Å². The third-order valence-electron chi connectivity index (χ3n) is 5.25. The Morgan fingerprint density at radius 1 is 1.30 bits per heavy atom. The Kier molecular flexibility index (Phi) is 6.43. The molecule has 0 spiro atoms. The molecule has 1 aliphatic heterocycles. The minimum Gasteiger partial charge on any atom is -0.379 e. The van der Waals surface area contributed by atoms with Gasteiger partial charge in [-0.05, 0) is 37.3 Å². The van der Waals surface area contributed by atoms with E-state index in [1.54, 1.807) is 0 Å². The molecule has 1 amide bonds. The molecule has 3 aromatic rings. The van der Waals surface area contributed by atoms with Crippen LogP contribution in [0.1, 0.15) is 16.6 Å². The molecule has 1 N–H and O–H groups in total. The maximum absolute atomic E-state index is 12.8. The van der Waals surface area contributed by atoms with Crippen LogP contribution in [0.25, 0.3) is 16.0 Å².